The van der Waals surface area contributed by atoms with E-state index in [1.807, 2.05) is 22.9 Å². The maximum absolute atomic E-state index is 6.37. The summed E-state index contributed by atoms with van der Waals surface area (Å²) < 4.78 is 7.27. The Morgan fingerprint density at radius 1 is 1.38 bits per heavy atom. The Hall–Kier alpha value is -1.52. The van der Waals surface area contributed by atoms with Crippen LogP contribution < -0.4 is 10.1 Å². The van der Waals surface area contributed by atoms with E-state index in [4.69, 9.17) is 16.3 Å². The molecule has 0 fully saturated rings. The highest BCUT2D eigenvalue weighted by Gasteiger charge is 2.21. The number of methoxy groups -OCH3 is 1. The predicted molar refractivity (Wildman–Crippen MR) is 86.0 cm³/mol. The number of rotatable bonds is 7. The summed E-state index contributed by atoms with van der Waals surface area (Å²) in [6, 6.07) is 8.07. The topological polar surface area (TPSA) is 39.1 Å². The van der Waals surface area contributed by atoms with Gasteiger partial charge in [0.1, 0.15) is 5.75 Å². The number of hydrogen-bond donors (Lipinski definition) is 1. The molecule has 0 spiro atoms. The van der Waals surface area contributed by atoms with Crippen molar-refractivity contribution in [2.24, 2.45) is 0 Å². The average molecular weight is 308 g/mol. The molecule has 1 unspecified atom stereocenters. The highest BCUT2D eigenvalue weighted by atomic mass is 35.5. The van der Waals surface area contributed by atoms with Crippen LogP contribution in [0.15, 0.2) is 30.5 Å². The van der Waals surface area contributed by atoms with Crippen LogP contribution in [0, 0.1) is 0 Å². The Bertz CT molecular complexity index is 583. The maximum Gasteiger partial charge on any atom is 0.119 e. The van der Waals surface area contributed by atoms with Gasteiger partial charge in [0.15, 0.2) is 0 Å². The number of ether oxygens (including phenoxy) is 1. The number of halogens is 1. The van der Waals surface area contributed by atoms with Crippen LogP contribution in [0.3, 0.4) is 0 Å². The van der Waals surface area contributed by atoms with E-state index < -0.39 is 0 Å². The second-order valence-electron chi connectivity index (χ2n) is 4.86. The van der Waals surface area contributed by atoms with Crippen LogP contribution in [0.25, 0.3) is 0 Å². The van der Waals surface area contributed by atoms with Crippen LogP contribution in [0.4, 0.5) is 0 Å². The molecule has 0 aliphatic rings. The number of hydrogen-bond acceptors (Lipinski definition) is 3. The Balaban J connectivity index is 2.44. The van der Waals surface area contributed by atoms with E-state index in [9.17, 15) is 0 Å². The first-order chi connectivity index (χ1) is 10.2. The highest BCUT2D eigenvalue weighted by molar-refractivity contribution is 6.31. The number of aromatic nitrogens is 2. The monoisotopic (exact) mass is 307 g/mol. The molecule has 0 radical (unpaired) electrons. The second-order valence-corrected chi connectivity index (χ2v) is 5.26. The van der Waals surface area contributed by atoms with E-state index in [0.717, 1.165) is 36.5 Å². The van der Waals surface area contributed by atoms with Gasteiger partial charge in [-0.15, -0.1) is 0 Å². The van der Waals surface area contributed by atoms with Gasteiger partial charge in [0, 0.05) is 6.54 Å². The Kier molecular flexibility index (Phi) is 5.65. The molecule has 0 aliphatic carbocycles. The minimum atomic E-state index is 0.00926. The van der Waals surface area contributed by atoms with Gasteiger partial charge >= 0.3 is 0 Å². The SMILES string of the molecule is CCCNC(c1cccc(OC)c1)c1c(Cl)cnn1CC. The van der Waals surface area contributed by atoms with Gasteiger partial charge in [-0.3, -0.25) is 4.68 Å². The summed E-state index contributed by atoms with van der Waals surface area (Å²) in [5.41, 5.74) is 2.13. The van der Waals surface area contributed by atoms with Gasteiger partial charge in [-0.25, -0.2) is 0 Å². The molecule has 1 aromatic carbocycles. The average Bonchev–Trinajstić information content (AvgIpc) is 2.89. The smallest absolute Gasteiger partial charge is 0.119 e. The van der Waals surface area contributed by atoms with Crippen LogP contribution in [0.2, 0.25) is 5.02 Å². The minimum absolute atomic E-state index is 0.00926. The number of nitrogens with zero attached hydrogens (tertiary/aromatic N) is 2. The summed E-state index contributed by atoms with van der Waals surface area (Å²) >= 11 is 6.37. The van der Waals surface area contributed by atoms with Crippen molar-refractivity contribution in [3.8, 4) is 5.75 Å². The standard InChI is InChI=1S/C16H22ClN3O/c1-4-9-18-15(12-7-6-8-13(10-12)21-3)16-14(17)11-19-20(16)5-2/h6-8,10-11,15,18H,4-5,9H2,1-3H3. The van der Waals surface area contributed by atoms with E-state index >= 15 is 0 Å². The van der Waals surface area contributed by atoms with Crippen molar-refractivity contribution in [3.05, 3.63) is 46.7 Å². The molecule has 5 heteroatoms. The minimum Gasteiger partial charge on any atom is -0.497 e. The summed E-state index contributed by atoms with van der Waals surface area (Å²) in [4.78, 5) is 0. The molecule has 0 saturated heterocycles. The van der Waals surface area contributed by atoms with E-state index in [1.165, 1.54) is 0 Å². The van der Waals surface area contributed by atoms with E-state index in [0.29, 0.717) is 5.02 Å². The first kappa shape index (κ1) is 15.9. The second kappa shape index (κ2) is 7.48. The lowest BCUT2D eigenvalue weighted by atomic mass is 10.0. The molecule has 2 rings (SSSR count). The highest BCUT2D eigenvalue weighted by Crippen LogP contribution is 2.30. The van der Waals surface area contributed by atoms with Crippen molar-refractivity contribution in [1.82, 2.24) is 15.1 Å². The molecule has 1 N–H and O–H groups in total. The molecule has 0 bridgehead atoms. The molecule has 21 heavy (non-hydrogen) atoms. The van der Waals surface area contributed by atoms with Gasteiger partial charge in [-0.05, 0) is 37.6 Å². The van der Waals surface area contributed by atoms with E-state index in [1.54, 1.807) is 13.3 Å². The number of aryl methyl sites for hydroxylation is 1. The van der Waals surface area contributed by atoms with Gasteiger partial charge in [0.2, 0.25) is 0 Å². The fourth-order valence-corrected chi connectivity index (χ4v) is 2.64. The third-order valence-corrected chi connectivity index (χ3v) is 3.72. The fraction of sp³-hybridized carbons (Fsp3) is 0.438. The van der Waals surface area contributed by atoms with Gasteiger partial charge in [-0.2, -0.15) is 5.10 Å². The van der Waals surface area contributed by atoms with E-state index in [2.05, 4.69) is 30.3 Å². The molecule has 1 aromatic heterocycles. The zero-order valence-corrected chi connectivity index (χ0v) is 13.5. The molecule has 0 saturated carbocycles. The van der Waals surface area contributed by atoms with Crippen molar-refractivity contribution in [2.75, 3.05) is 13.7 Å². The number of benzene rings is 1. The molecule has 0 aliphatic heterocycles. The van der Waals surface area contributed by atoms with Crippen molar-refractivity contribution < 1.29 is 4.74 Å². The summed E-state index contributed by atoms with van der Waals surface area (Å²) in [6.07, 6.45) is 2.76. The Labute approximate surface area is 131 Å². The lowest BCUT2D eigenvalue weighted by Crippen LogP contribution is -2.26. The molecule has 1 heterocycles. The molecule has 0 amide bonds. The van der Waals surface area contributed by atoms with Crippen LogP contribution in [-0.2, 0) is 6.54 Å². The summed E-state index contributed by atoms with van der Waals surface area (Å²) in [5, 5.41) is 8.59. The molecule has 2 aromatic rings. The van der Waals surface area contributed by atoms with Gasteiger partial charge in [0.05, 0.1) is 30.1 Å². The normalized spacial score (nSPS) is 12.4. The summed E-state index contributed by atoms with van der Waals surface area (Å²) in [6.45, 7) is 5.91. The molecule has 1 atom stereocenters. The third kappa shape index (κ3) is 3.57. The van der Waals surface area contributed by atoms with Gasteiger partial charge in [0.25, 0.3) is 0 Å². The van der Waals surface area contributed by atoms with Crippen molar-refractivity contribution >= 4 is 11.6 Å². The van der Waals surface area contributed by atoms with Crippen LogP contribution in [0.5, 0.6) is 5.75 Å². The Morgan fingerprint density at radius 3 is 2.86 bits per heavy atom. The van der Waals surface area contributed by atoms with Crippen molar-refractivity contribution in [1.29, 1.82) is 0 Å². The lowest BCUT2D eigenvalue weighted by Gasteiger charge is -2.21. The van der Waals surface area contributed by atoms with Crippen LogP contribution in [0.1, 0.15) is 37.6 Å². The quantitative estimate of drug-likeness (QED) is 0.848. The number of nitrogens with one attached hydrogen (secondary N) is 1. The van der Waals surface area contributed by atoms with Gasteiger partial charge < -0.3 is 10.1 Å². The molecular weight excluding hydrogens is 286 g/mol. The zero-order valence-electron chi connectivity index (χ0n) is 12.8. The van der Waals surface area contributed by atoms with Crippen molar-refractivity contribution in [3.63, 3.8) is 0 Å². The van der Waals surface area contributed by atoms with Crippen LogP contribution in [-0.4, -0.2) is 23.4 Å². The van der Waals surface area contributed by atoms with Crippen molar-refractivity contribution in [2.45, 2.75) is 32.9 Å². The lowest BCUT2D eigenvalue weighted by molar-refractivity contribution is 0.413. The first-order valence-corrected chi connectivity index (χ1v) is 7.67. The van der Waals surface area contributed by atoms with Crippen LogP contribution >= 0.6 is 11.6 Å². The fourth-order valence-electron chi connectivity index (χ4n) is 2.39. The first-order valence-electron chi connectivity index (χ1n) is 7.29. The summed E-state index contributed by atoms with van der Waals surface area (Å²) in [5.74, 6) is 0.842. The van der Waals surface area contributed by atoms with E-state index in [-0.39, 0.29) is 6.04 Å². The zero-order chi connectivity index (χ0) is 15.2. The molecule has 4 nitrogen and oxygen atoms in total. The molecule has 114 valence electrons. The maximum atomic E-state index is 6.37. The Morgan fingerprint density at radius 2 is 2.19 bits per heavy atom. The largest absolute Gasteiger partial charge is 0.497 e. The summed E-state index contributed by atoms with van der Waals surface area (Å²) in [7, 11) is 1.68. The third-order valence-electron chi connectivity index (χ3n) is 3.43. The predicted octanol–water partition coefficient (Wildman–Crippen LogP) is 3.65. The van der Waals surface area contributed by atoms with Gasteiger partial charge in [-0.1, -0.05) is 30.7 Å². The molecular formula is C16H22ClN3O.